The zero-order chi connectivity index (χ0) is 13.9. The first-order valence-electron chi connectivity index (χ1n) is 6.15. The molecule has 3 rings (SSSR count). The van der Waals surface area contributed by atoms with E-state index in [4.69, 9.17) is 9.47 Å². The molecule has 3 heterocycles. The number of pyridine rings is 2. The molecule has 0 saturated carbocycles. The Balaban J connectivity index is 1.96. The van der Waals surface area contributed by atoms with Gasteiger partial charge in [-0.05, 0) is 18.2 Å². The normalized spacial score (nSPS) is 13.7. The highest BCUT2D eigenvalue weighted by Gasteiger charge is 2.27. The van der Waals surface area contributed by atoms with E-state index in [0.29, 0.717) is 24.0 Å². The fraction of sp³-hybridized carbons (Fsp3) is 0.214. The van der Waals surface area contributed by atoms with E-state index in [1.54, 1.807) is 36.5 Å². The van der Waals surface area contributed by atoms with E-state index in [1.807, 2.05) is 12.1 Å². The number of fused-ring (bicyclic) bond motifs is 1. The van der Waals surface area contributed by atoms with Gasteiger partial charge in [0, 0.05) is 18.0 Å². The van der Waals surface area contributed by atoms with Crippen LogP contribution in [-0.4, -0.2) is 29.6 Å². The molecule has 6 nitrogen and oxygen atoms in total. The molecule has 20 heavy (non-hydrogen) atoms. The summed E-state index contributed by atoms with van der Waals surface area (Å²) in [6.45, 7) is 0.366. The maximum absolute atomic E-state index is 12.1. The molecule has 0 aromatic carbocycles. The van der Waals surface area contributed by atoms with Crippen molar-refractivity contribution in [2.24, 2.45) is 0 Å². The van der Waals surface area contributed by atoms with Crippen molar-refractivity contribution in [1.82, 2.24) is 9.97 Å². The third-order valence-corrected chi connectivity index (χ3v) is 3.03. The van der Waals surface area contributed by atoms with Crippen molar-refractivity contribution in [3.8, 4) is 11.6 Å². The van der Waals surface area contributed by atoms with Crippen LogP contribution in [0.5, 0.6) is 11.6 Å². The van der Waals surface area contributed by atoms with E-state index >= 15 is 0 Å². The number of methoxy groups -OCH3 is 1. The monoisotopic (exact) mass is 271 g/mol. The van der Waals surface area contributed by atoms with Gasteiger partial charge in [-0.25, -0.2) is 9.97 Å². The van der Waals surface area contributed by atoms with Crippen molar-refractivity contribution in [2.75, 3.05) is 18.6 Å². The van der Waals surface area contributed by atoms with Crippen molar-refractivity contribution in [3.63, 3.8) is 0 Å². The Bertz CT molecular complexity index is 645. The van der Waals surface area contributed by atoms with Gasteiger partial charge < -0.3 is 9.47 Å². The van der Waals surface area contributed by atoms with Crippen molar-refractivity contribution in [3.05, 3.63) is 42.2 Å². The van der Waals surface area contributed by atoms with E-state index in [2.05, 4.69) is 9.97 Å². The minimum Gasteiger partial charge on any atom is -0.481 e. The molecule has 2 aromatic heterocycles. The molecule has 1 aliphatic rings. The van der Waals surface area contributed by atoms with E-state index in [9.17, 15) is 4.79 Å². The third-order valence-electron chi connectivity index (χ3n) is 3.03. The van der Waals surface area contributed by atoms with E-state index in [1.165, 1.54) is 0 Å². The van der Waals surface area contributed by atoms with Gasteiger partial charge in [0.05, 0.1) is 13.7 Å². The Labute approximate surface area is 116 Å². The van der Waals surface area contributed by atoms with E-state index in [-0.39, 0.29) is 12.5 Å². The van der Waals surface area contributed by atoms with Gasteiger partial charge in [0.1, 0.15) is 0 Å². The van der Waals surface area contributed by atoms with E-state index < -0.39 is 0 Å². The van der Waals surface area contributed by atoms with Gasteiger partial charge in [0.15, 0.2) is 18.2 Å². The highest BCUT2D eigenvalue weighted by Crippen LogP contribution is 2.31. The molecule has 0 spiro atoms. The van der Waals surface area contributed by atoms with Crippen molar-refractivity contribution >= 4 is 11.7 Å². The minimum atomic E-state index is -0.137. The highest BCUT2D eigenvalue weighted by molar-refractivity contribution is 5.96. The predicted molar refractivity (Wildman–Crippen MR) is 71.7 cm³/mol. The molecule has 1 amide bonds. The number of rotatable bonds is 3. The number of carbonyl (C=O) groups excluding carboxylic acids is 1. The summed E-state index contributed by atoms with van der Waals surface area (Å²) in [6.07, 6.45) is 3.28. The fourth-order valence-corrected chi connectivity index (χ4v) is 2.09. The number of hydrogen-bond donors (Lipinski definition) is 0. The number of hydrogen-bond acceptors (Lipinski definition) is 5. The van der Waals surface area contributed by atoms with Crippen LogP contribution in [-0.2, 0) is 11.3 Å². The Kier molecular flexibility index (Phi) is 3.20. The first kappa shape index (κ1) is 12.4. The third kappa shape index (κ3) is 2.16. The van der Waals surface area contributed by atoms with E-state index in [0.717, 1.165) is 5.56 Å². The molecule has 0 aliphatic carbocycles. The summed E-state index contributed by atoms with van der Waals surface area (Å²) < 4.78 is 10.6. The summed E-state index contributed by atoms with van der Waals surface area (Å²) in [5, 5.41) is 0. The molecular formula is C14H13N3O3. The zero-order valence-electron chi connectivity index (χ0n) is 10.9. The molecule has 0 saturated heterocycles. The molecule has 0 atom stereocenters. The van der Waals surface area contributed by atoms with Gasteiger partial charge in [-0.3, -0.25) is 9.69 Å². The quantitative estimate of drug-likeness (QED) is 0.844. The summed E-state index contributed by atoms with van der Waals surface area (Å²) in [5.74, 6) is 1.50. The fourth-order valence-electron chi connectivity index (χ4n) is 2.09. The van der Waals surface area contributed by atoms with Crippen molar-refractivity contribution in [1.29, 1.82) is 0 Å². The first-order chi connectivity index (χ1) is 9.79. The van der Waals surface area contributed by atoms with Gasteiger partial charge in [-0.15, -0.1) is 0 Å². The van der Waals surface area contributed by atoms with Gasteiger partial charge in [-0.1, -0.05) is 6.07 Å². The summed E-state index contributed by atoms with van der Waals surface area (Å²) in [4.78, 5) is 22.0. The van der Waals surface area contributed by atoms with Gasteiger partial charge in [0.25, 0.3) is 5.91 Å². The number of ether oxygens (including phenoxy) is 2. The predicted octanol–water partition coefficient (Wildman–Crippen LogP) is 1.41. The van der Waals surface area contributed by atoms with Crippen LogP contribution in [0.3, 0.4) is 0 Å². The lowest BCUT2D eigenvalue weighted by Gasteiger charge is -2.28. The largest absolute Gasteiger partial charge is 0.481 e. The second-order valence-electron chi connectivity index (χ2n) is 4.27. The molecule has 0 bridgehead atoms. The minimum absolute atomic E-state index is 0.0151. The van der Waals surface area contributed by atoms with Crippen LogP contribution in [0.4, 0.5) is 5.82 Å². The molecule has 2 aromatic rings. The molecular weight excluding hydrogens is 258 g/mol. The van der Waals surface area contributed by atoms with Crippen LogP contribution in [0, 0.1) is 0 Å². The Morgan fingerprint density at radius 2 is 2.10 bits per heavy atom. The van der Waals surface area contributed by atoms with Crippen molar-refractivity contribution in [2.45, 2.75) is 6.54 Å². The Morgan fingerprint density at radius 1 is 1.30 bits per heavy atom. The number of nitrogens with zero attached hydrogens (tertiary/aromatic N) is 3. The van der Waals surface area contributed by atoms with Crippen LogP contribution in [0.15, 0.2) is 36.7 Å². The lowest BCUT2D eigenvalue weighted by Crippen LogP contribution is -2.39. The second-order valence-corrected chi connectivity index (χ2v) is 4.27. The summed E-state index contributed by atoms with van der Waals surface area (Å²) in [5.41, 5.74) is 0.821. The van der Waals surface area contributed by atoms with Crippen LogP contribution in [0.1, 0.15) is 5.56 Å². The Hall–Kier alpha value is -2.63. The van der Waals surface area contributed by atoms with Gasteiger partial charge >= 0.3 is 0 Å². The molecule has 6 heteroatoms. The number of aromatic nitrogens is 2. The second kappa shape index (κ2) is 5.16. The first-order valence-corrected chi connectivity index (χ1v) is 6.15. The molecule has 0 unspecified atom stereocenters. The van der Waals surface area contributed by atoms with Crippen LogP contribution < -0.4 is 14.4 Å². The zero-order valence-corrected chi connectivity index (χ0v) is 10.9. The van der Waals surface area contributed by atoms with Crippen LogP contribution in [0.25, 0.3) is 0 Å². The maximum atomic E-state index is 12.1. The summed E-state index contributed by atoms with van der Waals surface area (Å²) in [7, 11) is 1.55. The smallest absolute Gasteiger partial charge is 0.266 e. The number of anilines is 1. The van der Waals surface area contributed by atoms with Crippen LogP contribution >= 0.6 is 0 Å². The SMILES string of the molecule is COc1ncccc1CN1C(=O)COc2cccnc21. The summed E-state index contributed by atoms with van der Waals surface area (Å²) >= 11 is 0. The average Bonchev–Trinajstić information content (AvgIpc) is 2.50. The molecule has 0 fully saturated rings. The molecule has 1 aliphatic heterocycles. The Morgan fingerprint density at radius 3 is 2.95 bits per heavy atom. The van der Waals surface area contributed by atoms with Crippen molar-refractivity contribution < 1.29 is 14.3 Å². The molecule has 0 radical (unpaired) electrons. The average molecular weight is 271 g/mol. The lowest BCUT2D eigenvalue weighted by atomic mass is 10.2. The molecule has 102 valence electrons. The number of amides is 1. The lowest BCUT2D eigenvalue weighted by molar-refractivity contribution is -0.121. The topological polar surface area (TPSA) is 64.5 Å². The standard InChI is InChI=1S/C14H13N3O3/c1-19-14-10(4-2-7-16-14)8-17-12(18)9-20-11-5-3-6-15-13(11)17/h2-7H,8-9H2,1H3. The van der Waals surface area contributed by atoms with Gasteiger partial charge in [-0.2, -0.15) is 0 Å². The maximum Gasteiger partial charge on any atom is 0.266 e. The number of carbonyl (C=O) groups is 1. The summed E-state index contributed by atoms with van der Waals surface area (Å²) in [6, 6.07) is 7.25. The highest BCUT2D eigenvalue weighted by atomic mass is 16.5. The van der Waals surface area contributed by atoms with Crippen LogP contribution in [0.2, 0.25) is 0 Å². The van der Waals surface area contributed by atoms with Gasteiger partial charge in [0.2, 0.25) is 5.88 Å². The molecule has 0 N–H and O–H groups in total.